The van der Waals surface area contributed by atoms with Crippen molar-refractivity contribution in [2.75, 3.05) is 19.0 Å². The van der Waals surface area contributed by atoms with E-state index in [9.17, 15) is 9.59 Å². The first kappa shape index (κ1) is 18.0. The van der Waals surface area contributed by atoms with Crippen LogP contribution in [0.4, 0.5) is 5.69 Å². The predicted octanol–water partition coefficient (Wildman–Crippen LogP) is 2.50. The lowest BCUT2D eigenvalue weighted by molar-refractivity contribution is -0.145. The number of esters is 1. The molecule has 0 radical (unpaired) electrons. The number of ether oxygens (including phenoxy) is 1. The lowest BCUT2D eigenvalue weighted by atomic mass is 10.0. The number of hydrogen-bond donors (Lipinski definition) is 2. The van der Waals surface area contributed by atoms with E-state index in [1.807, 2.05) is 45.0 Å². The van der Waals surface area contributed by atoms with E-state index in [-0.39, 0.29) is 5.91 Å². The van der Waals surface area contributed by atoms with E-state index in [2.05, 4.69) is 10.6 Å². The summed E-state index contributed by atoms with van der Waals surface area (Å²) in [5.74, 6) is -0.249. The summed E-state index contributed by atoms with van der Waals surface area (Å²) in [6.45, 7) is 6.54. The molecule has 0 aliphatic heterocycles. The second kappa shape index (κ2) is 9.07. The first-order chi connectivity index (χ1) is 10.4. The molecule has 1 rings (SSSR count). The number of para-hydroxylation sites is 1. The van der Waals surface area contributed by atoms with Gasteiger partial charge in [-0.2, -0.15) is 0 Å². The Morgan fingerprint density at radius 1 is 1.23 bits per heavy atom. The van der Waals surface area contributed by atoms with Crippen LogP contribution >= 0.6 is 0 Å². The smallest absolute Gasteiger partial charge is 0.328 e. The van der Waals surface area contributed by atoms with E-state index >= 15 is 0 Å². The minimum absolute atomic E-state index is 0.155. The van der Waals surface area contributed by atoms with Crippen LogP contribution in [0.3, 0.4) is 0 Å². The number of carbonyl (C=O) groups is 2. The van der Waals surface area contributed by atoms with Crippen molar-refractivity contribution < 1.29 is 14.3 Å². The summed E-state index contributed by atoms with van der Waals surface area (Å²) in [5.41, 5.74) is 2.15. The van der Waals surface area contributed by atoms with Crippen molar-refractivity contribution in [3.63, 3.8) is 0 Å². The highest BCUT2D eigenvalue weighted by Gasteiger charge is 2.22. The first-order valence-corrected chi connectivity index (χ1v) is 7.60. The maximum absolute atomic E-state index is 12.0. The summed E-state index contributed by atoms with van der Waals surface area (Å²) in [5, 5.41) is 5.97. The molecule has 5 nitrogen and oxygen atoms in total. The zero-order valence-electron chi connectivity index (χ0n) is 13.8. The molecule has 0 heterocycles. The largest absolute Gasteiger partial charge is 0.467 e. The van der Waals surface area contributed by atoms with Crippen LogP contribution < -0.4 is 10.6 Å². The first-order valence-electron chi connectivity index (χ1n) is 7.60. The van der Waals surface area contributed by atoms with Gasteiger partial charge in [-0.3, -0.25) is 4.79 Å². The number of methoxy groups -OCH3 is 1. The quantitative estimate of drug-likeness (QED) is 0.724. The molecule has 1 aromatic rings. The monoisotopic (exact) mass is 306 g/mol. The fourth-order valence-corrected chi connectivity index (χ4v) is 2.18. The van der Waals surface area contributed by atoms with Gasteiger partial charge in [0.05, 0.1) is 7.11 Å². The molecule has 0 aliphatic carbocycles. The van der Waals surface area contributed by atoms with Crippen molar-refractivity contribution in [3.8, 4) is 0 Å². The van der Waals surface area contributed by atoms with Crippen molar-refractivity contribution in [2.24, 2.45) is 5.92 Å². The average molecular weight is 306 g/mol. The summed E-state index contributed by atoms with van der Waals surface area (Å²) >= 11 is 0. The van der Waals surface area contributed by atoms with Crippen LogP contribution in [-0.4, -0.2) is 31.6 Å². The van der Waals surface area contributed by atoms with Gasteiger partial charge in [-0.05, 0) is 30.9 Å². The maximum Gasteiger partial charge on any atom is 0.328 e. The molecule has 1 atom stereocenters. The fourth-order valence-electron chi connectivity index (χ4n) is 2.18. The second-order valence-electron chi connectivity index (χ2n) is 5.76. The van der Waals surface area contributed by atoms with Crippen LogP contribution in [0.2, 0.25) is 0 Å². The van der Waals surface area contributed by atoms with Crippen molar-refractivity contribution >= 4 is 17.6 Å². The molecule has 5 heteroatoms. The van der Waals surface area contributed by atoms with Gasteiger partial charge in [0, 0.05) is 18.7 Å². The number of carbonyl (C=O) groups excluding carboxylic acids is 2. The highest BCUT2D eigenvalue weighted by molar-refractivity contribution is 5.84. The third-order valence-corrected chi connectivity index (χ3v) is 3.34. The number of benzene rings is 1. The molecule has 1 amide bonds. The van der Waals surface area contributed by atoms with Gasteiger partial charge in [-0.15, -0.1) is 0 Å². The van der Waals surface area contributed by atoms with Crippen molar-refractivity contribution in [3.05, 3.63) is 29.8 Å². The molecule has 0 saturated carbocycles. The molecule has 0 fully saturated rings. The number of aryl methyl sites for hydroxylation is 1. The summed E-state index contributed by atoms with van der Waals surface area (Å²) in [7, 11) is 1.33. The van der Waals surface area contributed by atoms with Gasteiger partial charge in [0.2, 0.25) is 5.91 Å². The van der Waals surface area contributed by atoms with Gasteiger partial charge in [0.1, 0.15) is 6.04 Å². The van der Waals surface area contributed by atoms with E-state index in [4.69, 9.17) is 4.74 Å². The molecule has 22 heavy (non-hydrogen) atoms. The molecule has 0 spiro atoms. The van der Waals surface area contributed by atoms with Crippen LogP contribution in [0, 0.1) is 12.8 Å². The number of nitrogens with one attached hydrogen (secondary N) is 2. The van der Waals surface area contributed by atoms with Crippen molar-refractivity contribution in [2.45, 2.75) is 39.7 Å². The number of rotatable bonds is 8. The lowest BCUT2D eigenvalue weighted by Crippen LogP contribution is -2.42. The molecule has 0 bridgehead atoms. The minimum atomic E-state index is -0.573. The Hall–Kier alpha value is -2.04. The van der Waals surface area contributed by atoms with E-state index < -0.39 is 12.0 Å². The number of anilines is 1. The second-order valence-corrected chi connectivity index (χ2v) is 5.76. The van der Waals surface area contributed by atoms with Gasteiger partial charge < -0.3 is 15.4 Å². The molecule has 1 unspecified atom stereocenters. The summed E-state index contributed by atoms with van der Waals surface area (Å²) in [6, 6.07) is 7.34. The topological polar surface area (TPSA) is 67.4 Å². The molecule has 122 valence electrons. The van der Waals surface area contributed by atoms with Gasteiger partial charge in [-0.1, -0.05) is 32.0 Å². The summed E-state index contributed by atoms with van der Waals surface area (Å²) in [6.07, 6.45) is 0.879. The molecular formula is C17H26N2O3. The molecule has 0 aliphatic rings. The molecule has 0 aromatic heterocycles. The van der Waals surface area contributed by atoms with E-state index in [0.717, 1.165) is 11.3 Å². The Bertz CT molecular complexity index is 500. The number of hydrogen-bond acceptors (Lipinski definition) is 4. The third-order valence-electron chi connectivity index (χ3n) is 3.34. The molecule has 0 saturated heterocycles. The zero-order chi connectivity index (χ0) is 16.5. The van der Waals surface area contributed by atoms with Gasteiger partial charge >= 0.3 is 5.97 Å². The Balaban J connectivity index is 2.43. The molecule has 2 N–H and O–H groups in total. The van der Waals surface area contributed by atoms with Crippen molar-refractivity contribution in [1.82, 2.24) is 5.32 Å². The predicted molar refractivity (Wildman–Crippen MR) is 87.7 cm³/mol. The van der Waals surface area contributed by atoms with Gasteiger partial charge in [-0.25, -0.2) is 4.79 Å². The number of amides is 1. The highest BCUT2D eigenvalue weighted by Crippen LogP contribution is 2.12. The van der Waals surface area contributed by atoms with Crippen LogP contribution in [0.15, 0.2) is 24.3 Å². The standard InChI is InChI=1S/C17H26N2O3/c1-12(2)11-15(17(21)22-4)19-16(20)9-10-18-14-8-6-5-7-13(14)3/h5-8,12,15,18H,9-11H2,1-4H3,(H,19,20). The lowest BCUT2D eigenvalue weighted by Gasteiger charge is -2.18. The van der Waals surface area contributed by atoms with Crippen LogP contribution in [0.1, 0.15) is 32.3 Å². The van der Waals surface area contributed by atoms with E-state index in [1.54, 1.807) is 0 Å². The minimum Gasteiger partial charge on any atom is -0.467 e. The summed E-state index contributed by atoms with van der Waals surface area (Å²) in [4.78, 5) is 23.6. The SMILES string of the molecule is COC(=O)C(CC(C)C)NC(=O)CCNc1ccccc1C. The highest BCUT2D eigenvalue weighted by atomic mass is 16.5. The molecule has 1 aromatic carbocycles. The Morgan fingerprint density at radius 3 is 2.50 bits per heavy atom. The fraction of sp³-hybridized carbons (Fsp3) is 0.529. The Morgan fingerprint density at radius 2 is 1.91 bits per heavy atom. The van der Waals surface area contributed by atoms with Gasteiger partial charge in [0.15, 0.2) is 0 Å². The molecular weight excluding hydrogens is 280 g/mol. The van der Waals surface area contributed by atoms with Crippen molar-refractivity contribution in [1.29, 1.82) is 0 Å². The van der Waals surface area contributed by atoms with Crippen LogP contribution in [0.25, 0.3) is 0 Å². The van der Waals surface area contributed by atoms with E-state index in [0.29, 0.717) is 25.3 Å². The van der Waals surface area contributed by atoms with E-state index in [1.165, 1.54) is 7.11 Å². The average Bonchev–Trinajstić information content (AvgIpc) is 2.47. The summed E-state index contributed by atoms with van der Waals surface area (Å²) < 4.78 is 4.73. The Labute approximate surface area is 132 Å². The van der Waals surface area contributed by atoms with Crippen LogP contribution in [0.5, 0.6) is 0 Å². The Kier molecular flexibility index (Phi) is 7.43. The van der Waals surface area contributed by atoms with Gasteiger partial charge in [0.25, 0.3) is 0 Å². The maximum atomic E-state index is 12.0. The normalized spacial score (nSPS) is 11.9. The van der Waals surface area contributed by atoms with Crippen LogP contribution in [-0.2, 0) is 14.3 Å². The zero-order valence-corrected chi connectivity index (χ0v) is 13.8. The third kappa shape index (κ3) is 6.16.